The second-order valence-electron chi connectivity index (χ2n) is 5.96. The van der Waals surface area contributed by atoms with Crippen LogP contribution in [0, 0.1) is 0 Å². The normalized spacial score (nSPS) is 14.7. The first-order chi connectivity index (χ1) is 11.3. The smallest absolute Gasteiger partial charge is 0.113 e. The predicted molar refractivity (Wildman–Crippen MR) is 92.4 cm³/mol. The molecule has 0 bridgehead atoms. The van der Waals surface area contributed by atoms with Crippen LogP contribution < -0.4 is 10.2 Å². The van der Waals surface area contributed by atoms with E-state index >= 15 is 0 Å². The lowest BCUT2D eigenvalue weighted by Crippen LogP contribution is -2.28. The summed E-state index contributed by atoms with van der Waals surface area (Å²) in [4.78, 5) is 2.45. The van der Waals surface area contributed by atoms with Gasteiger partial charge in [0, 0.05) is 38.4 Å². The van der Waals surface area contributed by atoms with Crippen LogP contribution in [0.25, 0.3) is 11.0 Å². The number of hydrogen-bond donors (Lipinski definition) is 1. The van der Waals surface area contributed by atoms with Crippen LogP contribution in [-0.4, -0.2) is 28.1 Å². The Hall–Kier alpha value is -2.40. The maximum absolute atomic E-state index is 4.29. The van der Waals surface area contributed by atoms with E-state index in [1.807, 2.05) is 4.68 Å². The molecule has 4 rings (SSSR count). The molecule has 5 heteroatoms. The number of benzene rings is 2. The Bertz CT molecular complexity index is 823. The van der Waals surface area contributed by atoms with E-state index < -0.39 is 0 Å². The van der Waals surface area contributed by atoms with E-state index in [0.717, 1.165) is 43.8 Å². The first-order valence-electron chi connectivity index (χ1n) is 8.21. The van der Waals surface area contributed by atoms with Crippen molar-refractivity contribution in [1.29, 1.82) is 0 Å². The number of anilines is 1. The minimum absolute atomic E-state index is 0.848. The van der Waals surface area contributed by atoms with Crippen LogP contribution in [0.15, 0.2) is 42.5 Å². The van der Waals surface area contributed by atoms with Crippen molar-refractivity contribution in [3.05, 3.63) is 53.6 Å². The highest BCUT2D eigenvalue weighted by Crippen LogP contribution is 2.24. The second-order valence-corrected chi connectivity index (χ2v) is 5.96. The van der Waals surface area contributed by atoms with E-state index in [1.54, 1.807) is 0 Å². The summed E-state index contributed by atoms with van der Waals surface area (Å²) in [6.45, 7) is 6.79. The Labute approximate surface area is 135 Å². The average Bonchev–Trinajstić information content (AvgIpc) is 2.89. The zero-order chi connectivity index (χ0) is 15.6. The van der Waals surface area contributed by atoms with E-state index in [4.69, 9.17) is 0 Å². The highest BCUT2D eigenvalue weighted by Gasteiger charge is 2.15. The van der Waals surface area contributed by atoms with Crippen LogP contribution in [0.2, 0.25) is 0 Å². The van der Waals surface area contributed by atoms with Gasteiger partial charge in [0.05, 0.1) is 5.52 Å². The molecule has 3 aromatic rings. The van der Waals surface area contributed by atoms with E-state index in [1.165, 1.54) is 16.8 Å². The number of fused-ring (bicyclic) bond motifs is 2. The van der Waals surface area contributed by atoms with Gasteiger partial charge in [0.25, 0.3) is 0 Å². The van der Waals surface area contributed by atoms with Crippen molar-refractivity contribution < 1.29 is 0 Å². The molecule has 23 heavy (non-hydrogen) atoms. The number of rotatable bonds is 3. The molecule has 5 nitrogen and oxygen atoms in total. The summed E-state index contributed by atoms with van der Waals surface area (Å²) in [5.74, 6) is 0. The molecule has 0 amide bonds. The van der Waals surface area contributed by atoms with E-state index in [-0.39, 0.29) is 0 Å². The summed E-state index contributed by atoms with van der Waals surface area (Å²) in [5.41, 5.74) is 6.05. The fraction of sp³-hybridized carbons (Fsp3) is 0.333. The van der Waals surface area contributed by atoms with Gasteiger partial charge in [-0.3, -0.25) is 0 Å². The molecule has 1 N–H and O–H groups in total. The number of hydrogen-bond acceptors (Lipinski definition) is 4. The van der Waals surface area contributed by atoms with Gasteiger partial charge in [-0.15, -0.1) is 5.10 Å². The minimum atomic E-state index is 0.848. The van der Waals surface area contributed by atoms with Crippen LogP contribution in [0.3, 0.4) is 0 Å². The molecule has 0 fully saturated rings. The van der Waals surface area contributed by atoms with Crippen molar-refractivity contribution >= 4 is 16.7 Å². The third kappa shape index (κ3) is 2.68. The van der Waals surface area contributed by atoms with Crippen molar-refractivity contribution in [2.75, 3.05) is 18.0 Å². The fourth-order valence-electron chi connectivity index (χ4n) is 3.26. The predicted octanol–water partition coefficient (Wildman–Crippen LogP) is 2.56. The average molecular weight is 307 g/mol. The van der Waals surface area contributed by atoms with Crippen LogP contribution in [0.5, 0.6) is 0 Å². The minimum Gasteiger partial charge on any atom is -0.366 e. The third-order valence-electron chi connectivity index (χ3n) is 4.46. The Kier molecular flexibility index (Phi) is 3.71. The monoisotopic (exact) mass is 307 g/mol. The standard InChI is InChI=1S/C18H21N5/c1-2-23-18-8-7-14(11-16(18)20-21-23)13-22-10-9-19-12-15-5-3-4-6-17(15)22/h3-8,11,19H,2,9-10,12-13H2,1H3. The van der Waals surface area contributed by atoms with E-state index in [2.05, 4.69) is 69.9 Å². The second kappa shape index (κ2) is 6.01. The highest BCUT2D eigenvalue weighted by molar-refractivity contribution is 5.75. The molecule has 0 radical (unpaired) electrons. The molecule has 0 atom stereocenters. The molecule has 0 unspecified atom stereocenters. The summed E-state index contributed by atoms with van der Waals surface area (Å²) in [5, 5.41) is 12.0. The molecule has 0 aliphatic carbocycles. The fourth-order valence-corrected chi connectivity index (χ4v) is 3.26. The molecule has 2 heterocycles. The Balaban J connectivity index is 1.65. The largest absolute Gasteiger partial charge is 0.366 e. The molecular weight excluding hydrogens is 286 g/mol. The maximum Gasteiger partial charge on any atom is 0.113 e. The maximum atomic E-state index is 4.29. The molecule has 0 spiro atoms. The van der Waals surface area contributed by atoms with Gasteiger partial charge < -0.3 is 10.2 Å². The zero-order valence-electron chi connectivity index (χ0n) is 13.4. The first-order valence-corrected chi connectivity index (χ1v) is 8.21. The van der Waals surface area contributed by atoms with Gasteiger partial charge in [-0.05, 0) is 36.2 Å². The summed E-state index contributed by atoms with van der Waals surface area (Å²) in [7, 11) is 0. The molecule has 118 valence electrons. The Morgan fingerprint density at radius 1 is 1.17 bits per heavy atom. The highest BCUT2D eigenvalue weighted by atomic mass is 15.4. The van der Waals surface area contributed by atoms with Gasteiger partial charge in [-0.2, -0.15) is 0 Å². The van der Waals surface area contributed by atoms with Crippen LogP contribution in [0.4, 0.5) is 5.69 Å². The van der Waals surface area contributed by atoms with Crippen molar-refractivity contribution in [2.24, 2.45) is 0 Å². The zero-order valence-corrected chi connectivity index (χ0v) is 13.4. The Morgan fingerprint density at radius 3 is 3.00 bits per heavy atom. The van der Waals surface area contributed by atoms with Crippen molar-refractivity contribution in [2.45, 2.75) is 26.6 Å². The summed E-state index contributed by atoms with van der Waals surface area (Å²) in [6.07, 6.45) is 0. The topological polar surface area (TPSA) is 46.0 Å². The quantitative estimate of drug-likeness (QED) is 0.808. The molecule has 0 saturated heterocycles. The number of para-hydroxylation sites is 1. The SMILES string of the molecule is CCn1nnc2cc(CN3CCNCc4ccccc43)ccc21. The van der Waals surface area contributed by atoms with Gasteiger partial charge in [0.15, 0.2) is 0 Å². The van der Waals surface area contributed by atoms with Gasteiger partial charge in [-0.25, -0.2) is 4.68 Å². The van der Waals surface area contributed by atoms with E-state index in [0.29, 0.717) is 0 Å². The lowest BCUT2D eigenvalue weighted by molar-refractivity contribution is 0.646. The lowest BCUT2D eigenvalue weighted by atomic mass is 10.1. The number of nitrogens with zero attached hydrogens (tertiary/aromatic N) is 4. The first kappa shape index (κ1) is 14.2. The molecule has 2 aromatic carbocycles. The van der Waals surface area contributed by atoms with Crippen LogP contribution in [-0.2, 0) is 19.6 Å². The van der Waals surface area contributed by atoms with Gasteiger partial charge >= 0.3 is 0 Å². The molecule has 0 saturated carbocycles. The van der Waals surface area contributed by atoms with Gasteiger partial charge in [0.2, 0.25) is 0 Å². The van der Waals surface area contributed by atoms with Crippen LogP contribution in [0.1, 0.15) is 18.1 Å². The summed E-state index contributed by atoms with van der Waals surface area (Å²) in [6, 6.07) is 15.1. The molecule has 1 aromatic heterocycles. The summed E-state index contributed by atoms with van der Waals surface area (Å²) < 4.78 is 1.93. The molecule has 1 aliphatic rings. The molecule has 1 aliphatic heterocycles. The van der Waals surface area contributed by atoms with Gasteiger partial charge in [0.1, 0.15) is 5.52 Å². The number of aryl methyl sites for hydroxylation is 1. The van der Waals surface area contributed by atoms with Gasteiger partial charge in [-0.1, -0.05) is 29.5 Å². The number of aromatic nitrogens is 3. The van der Waals surface area contributed by atoms with Crippen LogP contribution >= 0.6 is 0 Å². The Morgan fingerprint density at radius 2 is 2.09 bits per heavy atom. The van der Waals surface area contributed by atoms with Crippen molar-refractivity contribution in [3.63, 3.8) is 0 Å². The summed E-state index contributed by atoms with van der Waals surface area (Å²) >= 11 is 0. The molecular formula is C18H21N5. The third-order valence-corrected chi connectivity index (χ3v) is 4.46. The lowest BCUT2D eigenvalue weighted by Gasteiger charge is -2.24. The van der Waals surface area contributed by atoms with E-state index in [9.17, 15) is 0 Å². The number of nitrogens with one attached hydrogen (secondary N) is 1. The van der Waals surface area contributed by atoms with Crippen molar-refractivity contribution in [3.8, 4) is 0 Å². The van der Waals surface area contributed by atoms with Crippen molar-refractivity contribution in [1.82, 2.24) is 20.3 Å².